The van der Waals surface area contributed by atoms with Crippen molar-refractivity contribution >= 4 is 5.91 Å². The molecule has 0 radical (unpaired) electrons. The zero-order valence-corrected chi connectivity index (χ0v) is 8.34. The predicted octanol–water partition coefficient (Wildman–Crippen LogP) is -0.421. The summed E-state index contributed by atoms with van der Waals surface area (Å²) in [5.74, 6) is 0.126. The second-order valence-corrected chi connectivity index (χ2v) is 3.90. The summed E-state index contributed by atoms with van der Waals surface area (Å²) in [4.78, 5) is 12.7. The van der Waals surface area contributed by atoms with E-state index < -0.39 is 0 Å². The lowest BCUT2D eigenvalue weighted by Gasteiger charge is -2.15. The van der Waals surface area contributed by atoms with Crippen molar-refractivity contribution in [3.8, 4) is 0 Å². The molecule has 0 bridgehead atoms. The van der Waals surface area contributed by atoms with Gasteiger partial charge >= 0.3 is 0 Å². The van der Waals surface area contributed by atoms with Gasteiger partial charge in [-0.3, -0.25) is 4.79 Å². The Balaban J connectivity index is 2.10. The Kier molecular flexibility index (Phi) is 3.27. The van der Waals surface area contributed by atoms with Gasteiger partial charge in [0.15, 0.2) is 0 Å². The SMILES string of the molecule is CN(C)C(=O)CCNC1(CO)CC1. The summed E-state index contributed by atoms with van der Waals surface area (Å²) < 4.78 is 0. The van der Waals surface area contributed by atoms with Gasteiger partial charge in [0.1, 0.15) is 0 Å². The molecule has 0 saturated heterocycles. The number of nitrogens with zero attached hydrogens (tertiary/aromatic N) is 1. The summed E-state index contributed by atoms with van der Waals surface area (Å²) in [6.45, 7) is 0.848. The Labute approximate surface area is 78.9 Å². The highest BCUT2D eigenvalue weighted by molar-refractivity contribution is 5.75. The maximum absolute atomic E-state index is 11.2. The third-order valence-electron chi connectivity index (χ3n) is 2.49. The molecule has 2 N–H and O–H groups in total. The second-order valence-electron chi connectivity index (χ2n) is 3.90. The van der Waals surface area contributed by atoms with Crippen LogP contribution < -0.4 is 5.32 Å². The average Bonchev–Trinajstić information content (AvgIpc) is 2.85. The molecule has 76 valence electrons. The first kappa shape index (κ1) is 10.5. The predicted molar refractivity (Wildman–Crippen MR) is 50.4 cm³/mol. The smallest absolute Gasteiger partial charge is 0.223 e. The number of carbonyl (C=O) groups is 1. The quantitative estimate of drug-likeness (QED) is 0.613. The maximum atomic E-state index is 11.2. The molecule has 13 heavy (non-hydrogen) atoms. The van der Waals surface area contributed by atoms with E-state index >= 15 is 0 Å². The van der Waals surface area contributed by atoms with Gasteiger partial charge in [0, 0.05) is 32.6 Å². The highest BCUT2D eigenvalue weighted by atomic mass is 16.3. The highest BCUT2D eigenvalue weighted by Crippen LogP contribution is 2.34. The van der Waals surface area contributed by atoms with Crippen molar-refractivity contribution in [1.82, 2.24) is 10.2 Å². The second kappa shape index (κ2) is 4.07. The monoisotopic (exact) mass is 186 g/mol. The van der Waals surface area contributed by atoms with E-state index in [1.54, 1.807) is 19.0 Å². The number of hydrogen-bond donors (Lipinski definition) is 2. The number of aliphatic hydroxyl groups excluding tert-OH is 1. The minimum absolute atomic E-state index is 0.0490. The first-order chi connectivity index (χ1) is 6.09. The number of hydrogen-bond acceptors (Lipinski definition) is 3. The molecule has 0 aromatic rings. The van der Waals surface area contributed by atoms with Crippen LogP contribution >= 0.6 is 0 Å². The van der Waals surface area contributed by atoms with E-state index in [4.69, 9.17) is 5.11 Å². The van der Waals surface area contributed by atoms with Crippen molar-refractivity contribution in [2.45, 2.75) is 24.8 Å². The lowest BCUT2D eigenvalue weighted by Crippen LogP contribution is -2.37. The fraction of sp³-hybridized carbons (Fsp3) is 0.889. The Morgan fingerprint density at radius 1 is 1.54 bits per heavy atom. The lowest BCUT2D eigenvalue weighted by atomic mass is 10.2. The molecule has 0 aromatic carbocycles. The third-order valence-corrected chi connectivity index (χ3v) is 2.49. The molecule has 0 heterocycles. The van der Waals surface area contributed by atoms with Gasteiger partial charge in [0.2, 0.25) is 5.91 Å². The molecule has 0 aliphatic heterocycles. The average molecular weight is 186 g/mol. The van der Waals surface area contributed by atoms with Crippen LogP contribution in [0.4, 0.5) is 0 Å². The zero-order valence-electron chi connectivity index (χ0n) is 8.34. The van der Waals surface area contributed by atoms with Crippen LogP contribution in [0.2, 0.25) is 0 Å². The number of nitrogens with one attached hydrogen (secondary N) is 1. The summed E-state index contributed by atoms with van der Waals surface area (Å²) >= 11 is 0. The summed E-state index contributed by atoms with van der Waals surface area (Å²) in [6.07, 6.45) is 2.56. The molecule has 1 fully saturated rings. The molecule has 0 atom stereocenters. The largest absolute Gasteiger partial charge is 0.394 e. The molecule has 1 rings (SSSR count). The normalized spacial score (nSPS) is 18.4. The van der Waals surface area contributed by atoms with Crippen molar-refractivity contribution in [3.05, 3.63) is 0 Å². The van der Waals surface area contributed by atoms with Gasteiger partial charge in [-0.05, 0) is 12.8 Å². The number of amides is 1. The Bertz CT molecular complexity index is 188. The number of carbonyl (C=O) groups excluding carboxylic acids is 1. The van der Waals surface area contributed by atoms with Crippen molar-refractivity contribution in [2.24, 2.45) is 0 Å². The standard InChI is InChI=1S/C9H18N2O2/c1-11(2)8(13)3-6-10-9(7-12)4-5-9/h10,12H,3-7H2,1-2H3. The highest BCUT2D eigenvalue weighted by Gasteiger charge is 2.41. The number of rotatable bonds is 5. The molecule has 0 aromatic heterocycles. The van der Waals surface area contributed by atoms with E-state index in [2.05, 4.69) is 5.32 Å². The van der Waals surface area contributed by atoms with Crippen molar-refractivity contribution in [2.75, 3.05) is 27.2 Å². The molecule has 1 aliphatic rings. The van der Waals surface area contributed by atoms with Crippen molar-refractivity contribution in [3.63, 3.8) is 0 Å². The van der Waals surface area contributed by atoms with Crippen LogP contribution in [0, 0.1) is 0 Å². The van der Waals surface area contributed by atoms with E-state index in [9.17, 15) is 4.79 Å². The molecular formula is C9H18N2O2. The van der Waals surface area contributed by atoms with Crippen LogP contribution in [0.25, 0.3) is 0 Å². The van der Waals surface area contributed by atoms with Crippen LogP contribution in [-0.2, 0) is 4.79 Å². The van der Waals surface area contributed by atoms with Crippen LogP contribution in [0.1, 0.15) is 19.3 Å². The van der Waals surface area contributed by atoms with Gasteiger partial charge in [0.05, 0.1) is 6.61 Å². The molecule has 4 heteroatoms. The van der Waals surface area contributed by atoms with Crippen LogP contribution in [0.3, 0.4) is 0 Å². The molecular weight excluding hydrogens is 168 g/mol. The van der Waals surface area contributed by atoms with Crippen molar-refractivity contribution < 1.29 is 9.90 Å². The van der Waals surface area contributed by atoms with Crippen molar-refractivity contribution in [1.29, 1.82) is 0 Å². The molecule has 0 unspecified atom stereocenters. The van der Waals surface area contributed by atoms with E-state index in [1.165, 1.54) is 0 Å². The summed E-state index contributed by atoms with van der Waals surface area (Å²) in [5, 5.41) is 12.2. The molecule has 1 amide bonds. The minimum atomic E-state index is -0.0490. The summed E-state index contributed by atoms with van der Waals surface area (Å²) in [7, 11) is 3.50. The molecule has 1 aliphatic carbocycles. The Morgan fingerprint density at radius 2 is 2.15 bits per heavy atom. The van der Waals surface area contributed by atoms with Crippen LogP contribution in [0.5, 0.6) is 0 Å². The number of aliphatic hydroxyl groups is 1. The third kappa shape index (κ3) is 2.97. The van der Waals surface area contributed by atoms with Gasteiger partial charge in [0.25, 0.3) is 0 Å². The van der Waals surface area contributed by atoms with Gasteiger partial charge in [-0.2, -0.15) is 0 Å². The molecule has 1 saturated carbocycles. The summed E-state index contributed by atoms with van der Waals surface area (Å²) in [6, 6.07) is 0. The Hall–Kier alpha value is -0.610. The van der Waals surface area contributed by atoms with E-state index in [1.807, 2.05) is 0 Å². The Morgan fingerprint density at radius 3 is 2.54 bits per heavy atom. The fourth-order valence-electron chi connectivity index (χ4n) is 1.20. The van der Waals surface area contributed by atoms with E-state index in [0.717, 1.165) is 12.8 Å². The fourth-order valence-corrected chi connectivity index (χ4v) is 1.20. The van der Waals surface area contributed by atoms with E-state index in [0.29, 0.717) is 13.0 Å². The zero-order chi connectivity index (χ0) is 9.90. The lowest BCUT2D eigenvalue weighted by molar-refractivity contribution is -0.128. The van der Waals surface area contributed by atoms with Gasteiger partial charge in [-0.25, -0.2) is 0 Å². The van der Waals surface area contributed by atoms with Gasteiger partial charge in [-0.1, -0.05) is 0 Å². The van der Waals surface area contributed by atoms with E-state index in [-0.39, 0.29) is 18.1 Å². The first-order valence-electron chi connectivity index (χ1n) is 4.66. The molecule has 4 nitrogen and oxygen atoms in total. The van der Waals surface area contributed by atoms with Gasteiger partial charge < -0.3 is 15.3 Å². The van der Waals surface area contributed by atoms with Crippen LogP contribution in [-0.4, -0.2) is 48.7 Å². The molecule has 0 spiro atoms. The summed E-state index contributed by atoms with van der Waals surface area (Å²) in [5.41, 5.74) is -0.0490. The minimum Gasteiger partial charge on any atom is -0.394 e. The van der Waals surface area contributed by atoms with Crippen LogP contribution in [0.15, 0.2) is 0 Å². The first-order valence-corrected chi connectivity index (χ1v) is 4.66. The topological polar surface area (TPSA) is 52.6 Å². The maximum Gasteiger partial charge on any atom is 0.223 e. The van der Waals surface area contributed by atoms with Gasteiger partial charge in [-0.15, -0.1) is 0 Å².